The third kappa shape index (κ3) is 23.3. The van der Waals surface area contributed by atoms with Crippen LogP contribution in [0.15, 0.2) is 12.1 Å². The van der Waals surface area contributed by atoms with Crippen molar-refractivity contribution < 1.29 is 62.1 Å². The Morgan fingerprint density at radius 1 is 0.667 bits per heavy atom. The third-order valence-electron chi connectivity index (χ3n) is 9.39. The Bertz CT molecular complexity index is 1890. The van der Waals surface area contributed by atoms with Gasteiger partial charge in [0.2, 0.25) is 0 Å². The lowest BCUT2D eigenvalue weighted by Gasteiger charge is -2.34. The minimum atomic E-state index is -0.474. The second-order valence-electron chi connectivity index (χ2n) is 18.4. The van der Waals surface area contributed by atoms with Crippen molar-refractivity contribution >= 4 is 77.6 Å². The van der Waals surface area contributed by atoms with E-state index in [1.54, 1.807) is 11.8 Å². The van der Waals surface area contributed by atoms with Gasteiger partial charge in [0.15, 0.2) is 0 Å². The van der Waals surface area contributed by atoms with E-state index < -0.39 is 16.8 Å². The molecule has 66 heavy (non-hydrogen) atoms. The summed E-state index contributed by atoms with van der Waals surface area (Å²) in [7, 11) is 0. The van der Waals surface area contributed by atoms with Crippen LogP contribution in [0.2, 0.25) is 0 Å². The number of Topliss-reactive ketones (excluding diaryl/α,β-unsaturated/α-hetero) is 1. The highest BCUT2D eigenvalue weighted by molar-refractivity contribution is 7.81. The van der Waals surface area contributed by atoms with Crippen molar-refractivity contribution in [3.8, 4) is 0 Å². The number of carbonyl (C=O) groups excluding carboxylic acids is 9. The number of hydrogen-bond donors (Lipinski definition) is 1. The first-order chi connectivity index (χ1) is 30.5. The maximum atomic E-state index is 12.2. The van der Waals surface area contributed by atoms with Gasteiger partial charge in [-0.15, -0.1) is 22.7 Å². The molecule has 19 heteroatoms. The number of aryl methyl sites for hydroxylation is 2. The molecule has 0 bridgehead atoms. The summed E-state index contributed by atoms with van der Waals surface area (Å²) in [5.74, 6) is 0.140. The SMILES string of the molecule is CC1CC(=O)CCN1C(=O)OC(C)(C)C.CCOC(=O)CS.CCc1cc2c(s1)CC(C)N(C(=O)OC(C)(C)C)C2.CCc1cc2c(s1)CCN(C(=O)OC(C)(C)C)C2C.O=C=O.O=C=O. The number of ketones is 1. The van der Waals surface area contributed by atoms with Crippen LogP contribution in [0.1, 0.15) is 153 Å². The van der Waals surface area contributed by atoms with Gasteiger partial charge in [0.1, 0.15) is 22.6 Å². The lowest BCUT2D eigenvalue weighted by molar-refractivity contribution is -0.193. The molecule has 5 heterocycles. The highest BCUT2D eigenvalue weighted by Crippen LogP contribution is 2.36. The van der Waals surface area contributed by atoms with Crippen LogP contribution in [-0.2, 0) is 79.9 Å². The number of hydrogen-bond acceptors (Lipinski definition) is 16. The summed E-state index contributed by atoms with van der Waals surface area (Å²) >= 11 is 7.45. The quantitative estimate of drug-likeness (QED) is 0.173. The average Bonchev–Trinajstić information content (AvgIpc) is 3.81. The molecule has 2 aromatic rings. The van der Waals surface area contributed by atoms with E-state index in [2.05, 4.69) is 57.2 Å². The van der Waals surface area contributed by atoms with Crippen molar-refractivity contribution in [2.24, 2.45) is 0 Å². The van der Waals surface area contributed by atoms with Crippen LogP contribution in [0.3, 0.4) is 0 Å². The number of fused-ring (bicyclic) bond motifs is 2. The van der Waals surface area contributed by atoms with Gasteiger partial charge >= 0.3 is 36.6 Å². The lowest BCUT2D eigenvalue weighted by Crippen LogP contribution is -2.46. The Morgan fingerprint density at radius 3 is 1.52 bits per heavy atom. The molecule has 372 valence electrons. The molecule has 1 fully saturated rings. The monoisotopic (exact) mass is 983 g/mol. The molecular weight excluding hydrogens is 911 g/mol. The second-order valence-corrected chi connectivity index (χ2v) is 21.1. The van der Waals surface area contributed by atoms with Crippen LogP contribution >= 0.6 is 35.3 Å². The van der Waals surface area contributed by atoms with Crippen LogP contribution in [0.25, 0.3) is 0 Å². The zero-order valence-corrected chi connectivity index (χ0v) is 44.1. The van der Waals surface area contributed by atoms with Crippen molar-refractivity contribution in [1.29, 1.82) is 0 Å². The van der Waals surface area contributed by atoms with Crippen LogP contribution in [-0.4, -0.2) is 111 Å². The number of amides is 3. The van der Waals surface area contributed by atoms with Gasteiger partial charge in [-0.2, -0.15) is 31.8 Å². The van der Waals surface area contributed by atoms with Crippen LogP contribution in [0.4, 0.5) is 14.4 Å². The molecule has 0 aromatic carbocycles. The topological polar surface area (TPSA) is 200 Å². The van der Waals surface area contributed by atoms with E-state index in [9.17, 15) is 24.0 Å². The largest absolute Gasteiger partial charge is 0.465 e. The van der Waals surface area contributed by atoms with Crippen molar-refractivity contribution in [2.75, 3.05) is 25.4 Å². The number of esters is 1. The number of likely N-dealkylation sites (tertiary alicyclic amines) is 1. The number of thiophene rings is 2. The van der Waals surface area contributed by atoms with Gasteiger partial charge < -0.3 is 33.6 Å². The van der Waals surface area contributed by atoms with E-state index in [0.717, 1.165) is 32.2 Å². The summed E-state index contributed by atoms with van der Waals surface area (Å²) in [5.41, 5.74) is 1.27. The van der Waals surface area contributed by atoms with E-state index in [-0.39, 0.29) is 66.2 Å². The van der Waals surface area contributed by atoms with Gasteiger partial charge in [-0.3, -0.25) is 9.59 Å². The first kappa shape index (κ1) is 61.5. The maximum Gasteiger partial charge on any atom is 0.410 e. The highest BCUT2D eigenvalue weighted by atomic mass is 32.1. The summed E-state index contributed by atoms with van der Waals surface area (Å²) in [6, 6.07) is 4.78. The Morgan fingerprint density at radius 2 is 1.09 bits per heavy atom. The zero-order valence-electron chi connectivity index (χ0n) is 41.6. The Balaban J connectivity index is 0.000000852. The minimum absolute atomic E-state index is 0.0406. The molecule has 0 saturated carbocycles. The smallest absolute Gasteiger partial charge is 0.410 e. The molecular formula is C47H73N3O13S3. The summed E-state index contributed by atoms with van der Waals surface area (Å²) in [5, 5.41) is 0. The van der Waals surface area contributed by atoms with E-state index in [1.807, 2.05) is 102 Å². The van der Waals surface area contributed by atoms with E-state index >= 15 is 0 Å². The minimum Gasteiger partial charge on any atom is -0.465 e. The summed E-state index contributed by atoms with van der Waals surface area (Å²) < 4.78 is 20.7. The molecule has 0 radical (unpaired) electrons. The van der Waals surface area contributed by atoms with Gasteiger partial charge in [0.05, 0.1) is 24.9 Å². The number of nitrogens with zero attached hydrogens (tertiary/aromatic N) is 3. The van der Waals surface area contributed by atoms with Gasteiger partial charge in [0, 0.05) is 63.9 Å². The molecule has 0 N–H and O–H groups in total. The highest BCUT2D eigenvalue weighted by Gasteiger charge is 2.34. The molecule has 2 aromatic heterocycles. The summed E-state index contributed by atoms with van der Waals surface area (Å²) in [6.45, 7) is 31.5. The normalized spacial score (nSPS) is 17.4. The third-order valence-corrected chi connectivity index (χ3v) is 12.4. The Hall–Kier alpha value is -4.54. The van der Waals surface area contributed by atoms with E-state index in [0.29, 0.717) is 32.5 Å². The van der Waals surface area contributed by atoms with Crippen molar-refractivity contribution in [3.63, 3.8) is 0 Å². The van der Waals surface area contributed by atoms with Crippen molar-refractivity contribution in [3.05, 3.63) is 42.8 Å². The summed E-state index contributed by atoms with van der Waals surface area (Å²) in [4.78, 5) is 101. The average molecular weight is 984 g/mol. The molecule has 3 aliphatic rings. The zero-order chi connectivity index (χ0) is 51.2. The number of piperidine rings is 1. The van der Waals surface area contributed by atoms with E-state index in [1.165, 1.54) is 30.6 Å². The Labute approximate surface area is 404 Å². The molecule has 5 rings (SSSR count). The fourth-order valence-corrected chi connectivity index (χ4v) is 8.99. The predicted octanol–water partition coefficient (Wildman–Crippen LogP) is 9.44. The van der Waals surface area contributed by atoms with Gasteiger partial charge in [-0.25, -0.2) is 14.4 Å². The van der Waals surface area contributed by atoms with Crippen LogP contribution < -0.4 is 0 Å². The second kappa shape index (κ2) is 29.3. The predicted molar refractivity (Wildman–Crippen MR) is 255 cm³/mol. The van der Waals surface area contributed by atoms with Gasteiger partial charge in [-0.1, -0.05) is 13.8 Å². The standard InChI is InChI=1S/2C15H23NO2S.C11H19NO3.C4H8O2S.2CO2/c1-6-12-8-11-9-16(10(2)7-13(11)19-12)14(17)18-15(3,4)5;1-6-11-9-12-10(2)16(8-7-13(12)19-11)14(17)18-15(3,4)5;1-8-7-9(13)5-6-12(8)10(14)15-11(2,3)4;1-2-6-4(5)3-7;2*2-1-3/h8,10H,6-7,9H2,1-5H3;9-10H,6-8H2,1-5H3;8H,5-7H2,1-4H3;7H,2-3H2,1H3;;. The lowest BCUT2D eigenvalue weighted by atomic mass is 10.0. The number of thiol groups is 1. The Kier molecular flexibility index (Phi) is 27.3. The van der Waals surface area contributed by atoms with Crippen LogP contribution in [0, 0.1) is 0 Å². The van der Waals surface area contributed by atoms with Crippen LogP contribution in [0.5, 0.6) is 0 Å². The summed E-state index contributed by atoms with van der Waals surface area (Å²) in [6.07, 6.45) is 4.70. The molecule has 3 unspecified atom stereocenters. The molecule has 3 aliphatic heterocycles. The number of rotatable bonds is 4. The molecule has 1 saturated heterocycles. The fraction of sp³-hybridized carbons (Fsp3) is 0.681. The number of ether oxygens (including phenoxy) is 4. The maximum absolute atomic E-state index is 12.2. The number of carbonyl (C=O) groups is 5. The first-order valence-electron chi connectivity index (χ1n) is 22.0. The molecule has 16 nitrogen and oxygen atoms in total. The van der Waals surface area contributed by atoms with E-state index in [4.69, 9.17) is 33.4 Å². The first-order valence-corrected chi connectivity index (χ1v) is 24.3. The van der Waals surface area contributed by atoms with Gasteiger partial charge in [-0.05, 0) is 133 Å². The fourth-order valence-electron chi connectivity index (χ4n) is 6.47. The molecule has 0 spiro atoms. The van der Waals surface area contributed by atoms with Crippen molar-refractivity contribution in [2.45, 2.75) is 184 Å². The molecule has 3 atom stereocenters. The van der Waals surface area contributed by atoms with Gasteiger partial charge in [0.25, 0.3) is 0 Å². The molecule has 0 aliphatic carbocycles. The van der Waals surface area contributed by atoms with Crippen molar-refractivity contribution in [1.82, 2.24) is 14.7 Å². The molecule has 3 amide bonds.